The van der Waals surface area contributed by atoms with Crippen molar-refractivity contribution in [2.75, 3.05) is 0 Å². The first kappa shape index (κ1) is 14.5. The van der Waals surface area contributed by atoms with E-state index in [2.05, 4.69) is 5.32 Å². The Balaban J connectivity index is 2.06. The summed E-state index contributed by atoms with van der Waals surface area (Å²) >= 11 is 0. The van der Waals surface area contributed by atoms with Crippen LogP contribution in [0.4, 0.5) is 4.39 Å². The van der Waals surface area contributed by atoms with E-state index in [9.17, 15) is 14.0 Å². The average molecular weight is 279 g/mol. The van der Waals surface area contributed by atoms with Crippen molar-refractivity contribution in [1.82, 2.24) is 5.32 Å². The summed E-state index contributed by atoms with van der Waals surface area (Å²) in [4.78, 5) is 22.8. The molecule has 1 aromatic carbocycles. The summed E-state index contributed by atoms with van der Waals surface area (Å²) in [6.45, 7) is 0. The maximum absolute atomic E-state index is 13.8. The van der Waals surface area contributed by atoms with Crippen molar-refractivity contribution in [3.05, 3.63) is 35.1 Å². The lowest BCUT2D eigenvalue weighted by molar-refractivity contribution is 0.0695. The van der Waals surface area contributed by atoms with Crippen LogP contribution in [-0.2, 0) is 0 Å². The Bertz CT molecular complexity index is 508. The molecule has 4 nitrogen and oxygen atoms in total. The van der Waals surface area contributed by atoms with Crippen LogP contribution in [-0.4, -0.2) is 23.0 Å². The van der Waals surface area contributed by atoms with E-state index in [0.717, 1.165) is 31.7 Å². The molecule has 0 atom stereocenters. The summed E-state index contributed by atoms with van der Waals surface area (Å²) in [5, 5.41) is 11.6. The zero-order valence-electron chi connectivity index (χ0n) is 11.2. The summed E-state index contributed by atoms with van der Waals surface area (Å²) < 4.78 is 13.8. The molecule has 1 aliphatic rings. The van der Waals surface area contributed by atoms with Gasteiger partial charge >= 0.3 is 5.97 Å². The third kappa shape index (κ3) is 3.56. The number of carbonyl (C=O) groups excluding carboxylic acids is 1. The fourth-order valence-corrected chi connectivity index (χ4v) is 2.52. The zero-order valence-corrected chi connectivity index (χ0v) is 11.2. The van der Waals surface area contributed by atoms with Gasteiger partial charge in [-0.25, -0.2) is 9.18 Å². The maximum Gasteiger partial charge on any atom is 0.335 e. The van der Waals surface area contributed by atoms with Crippen molar-refractivity contribution in [2.24, 2.45) is 0 Å². The molecular weight excluding hydrogens is 261 g/mol. The second-order valence-electron chi connectivity index (χ2n) is 5.16. The fraction of sp³-hybridized carbons (Fsp3) is 0.467. The quantitative estimate of drug-likeness (QED) is 0.836. The zero-order chi connectivity index (χ0) is 14.5. The molecule has 0 saturated heterocycles. The van der Waals surface area contributed by atoms with E-state index in [4.69, 9.17) is 5.11 Å². The molecule has 1 amide bonds. The Morgan fingerprint density at radius 2 is 1.80 bits per heavy atom. The van der Waals surface area contributed by atoms with Crippen LogP contribution in [0.5, 0.6) is 0 Å². The van der Waals surface area contributed by atoms with Crippen molar-refractivity contribution >= 4 is 11.9 Å². The number of benzene rings is 1. The van der Waals surface area contributed by atoms with Crippen molar-refractivity contribution in [3.8, 4) is 0 Å². The molecule has 5 heteroatoms. The smallest absolute Gasteiger partial charge is 0.335 e. The lowest BCUT2D eigenvalue weighted by Gasteiger charge is -2.16. The fourth-order valence-electron chi connectivity index (χ4n) is 2.52. The van der Waals surface area contributed by atoms with Crippen molar-refractivity contribution in [3.63, 3.8) is 0 Å². The van der Waals surface area contributed by atoms with Crippen LogP contribution in [0, 0.1) is 5.82 Å². The molecule has 0 heterocycles. The molecule has 1 aliphatic carbocycles. The third-order valence-electron chi connectivity index (χ3n) is 3.65. The highest BCUT2D eigenvalue weighted by molar-refractivity contribution is 5.96. The average Bonchev–Trinajstić information content (AvgIpc) is 2.67. The van der Waals surface area contributed by atoms with Crippen molar-refractivity contribution in [2.45, 2.75) is 44.6 Å². The number of carboxylic acid groups (broad SMARTS) is 1. The number of amides is 1. The molecule has 1 fully saturated rings. The van der Waals surface area contributed by atoms with Gasteiger partial charge in [0.2, 0.25) is 0 Å². The summed E-state index contributed by atoms with van der Waals surface area (Å²) in [7, 11) is 0. The third-order valence-corrected chi connectivity index (χ3v) is 3.65. The van der Waals surface area contributed by atoms with E-state index >= 15 is 0 Å². The Morgan fingerprint density at radius 3 is 2.35 bits per heavy atom. The second kappa shape index (κ2) is 6.50. The number of hydrogen-bond donors (Lipinski definition) is 2. The van der Waals surface area contributed by atoms with Gasteiger partial charge < -0.3 is 10.4 Å². The molecular formula is C15H18FNO3. The van der Waals surface area contributed by atoms with Gasteiger partial charge in [-0.05, 0) is 31.0 Å². The summed E-state index contributed by atoms with van der Waals surface area (Å²) in [6.07, 6.45) is 6.33. The highest BCUT2D eigenvalue weighted by Gasteiger charge is 2.19. The second-order valence-corrected chi connectivity index (χ2v) is 5.16. The topological polar surface area (TPSA) is 66.4 Å². The molecule has 0 aromatic heterocycles. The maximum atomic E-state index is 13.8. The summed E-state index contributed by atoms with van der Waals surface area (Å²) in [6, 6.07) is 3.44. The van der Waals surface area contributed by atoms with Gasteiger partial charge in [-0.3, -0.25) is 4.79 Å². The largest absolute Gasteiger partial charge is 0.478 e. The molecule has 1 saturated carbocycles. The normalized spacial score (nSPS) is 16.4. The van der Waals surface area contributed by atoms with Crippen LogP contribution >= 0.6 is 0 Å². The van der Waals surface area contributed by atoms with Gasteiger partial charge in [0.25, 0.3) is 5.91 Å². The van der Waals surface area contributed by atoms with Gasteiger partial charge in [0.1, 0.15) is 5.82 Å². The van der Waals surface area contributed by atoms with E-state index in [1.165, 1.54) is 25.0 Å². The minimum atomic E-state index is -1.21. The molecule has 108 valence electrons. The number of carbonyl (C=O) groups is 2. The van der Waals surface area contributed by atoms with Gasteiger partial charge in [-0.2, -0.15) is 0 Å². The Kier molecular flexibility index (Phi) is 4.71. The van der Waals surface area contributed by atoms with E-state index in [0.29, 0.717) is 0 Å². The number of carboxylic acids is 1. The van der Waals surface area contributed by atoms with Gasteiger partial charge in [0.05, 0.1) is 11.1 Å². The van der Waals surface area contributed by atoms with E-state index in [1.54, 1.807) is 0 Å². The lowest BCUT2D eigenvalue weighted by Crippen LogP contribution is -2.34. The van der Waals surface area contributed by atoms with E-state index in [-0.39, 0.29) is 17.2 Å². The molecule has 2 N–H and O–H groups in total. The first-order valence-corrected chi connectivity index (χ1v) is 6.91. The molecule has 0 unspecified atom stereocenters. The first-order chi connectivity index (χ1) is 9.58. The molecule has 0 radical (unpaired) electrons. The number of halogens is 1. The minimum Gasteiger partial charge on any atom is -0.478 e. The van der Waals surface area contributed by atoms with Gasteiger partial charge in [0, 0.05) is 6.04 Å². The van der Waals surface area contributed by atoms with Gasteiger partial charge in [0.15, 0.2) is 0 Å². The highest BCUT2D eigenvalue weighted by atomic mass is 19.1. The standard InChI is InChI=1S/C15H18FNO3/c16-13-9-10(15(19)20)7-8-12(13)14(18)17-11-5-3-1-2-4-6-11/h7-9,11H,1-6H2,(H,17,18)(H,19,20). The van der Waals surface area contributed by atoms with Crippen molar-refractivity contribution < 1.29 is 19.1 Å². The molecule has 0 spiro atoms. The predicted octanol–water partition coefficient (Wildman–Crippen LogP) is 2.98. The number of hydrogen-bond acceptors (Lipinski definition) is 2. The minimum absolute atomic E-state index is 0.0866. The van der Waals surface area contributed by atoms with Crippen molar-refractivity contribution in [1.29, 1.82) is 0 Å². The van der Waals surface area contributed by atoms with Gasteiger partial charge in [-0.15, -0.1) is 0 Å². The first-order valence-electron chi connectivity index (χ1n) is 6.91. The van der Waals surface area contributed by atoms with Gasteiger partial charge in [-0.1, -0.05) is 25.7 Å². The molecule has 0 bridgehead atoms. The Labute approximate surface area is 117 Å². The van der Waals surface area contributed by atoms with Crippen LogP contribution in [0.2, 0.25) is 0 Å². The van der Waals surface area contributed by atoms with Crippen LogP contribution in [0.15, 0.2) is 18.2 Å². The van der Waals surface area contributed by atoms with Crippen LogP contribution < -0.4 is 5.32 Å². The number of aromatic carboxylic acids is 1. The molecule has 20 heavy (non-hydrogen) atoms. The number of rotatable bonds is 3. The van der Waals surface area contributed by atoms with Crippen LogP contribution in [0.1, 0.15) is 59.2 Å². The Hall–Kier alpha value is -1.91. The monoisotopic (exact) mass is 279 g/mol. The molecule has 2 rings (SSSR count). The summed E-state index contributed by atoms with van der Waals surface area (Å²) in [5.74, 6) is -2.47. The summed E-state index contributed by atoms with van der Waals surface area (Å²) in [5.41, 5.74) is -0.257. The SMILES string of the molecule is O=C(O)c1ccc(C(=O)NC2CCCCCC2)c(F)c1. The van der Waals surface area contributed by atoms with Crippen LogP contribution in [0.25, 0.3) is 0 Å². The van der Waals surface area contributed by atoms with Crippen LogP contribution in [0.3, 0.4) is 0 Å². The lowest BCUT2D eigenvalue weighted by atomic mass is 10.1. The molecule has 1 aromatic rings. The molecule has 0 aliphatic heterocycles. The van der Waals surface area contributed by atoms with E-state index in [1.807, 2.05) is 0 Å². The number of nitrogens with one attached hydrogen (secondary N) is 1. The Morgan fingerprint density at radius 1 is 1.15 bits per heavy atom. The van der Waals surface area contributed by atoms with E-state index < -0.39 is 17.7 Å². The predicted molar refractivity (Wildman–Crippen MR) is 72.3 cm³/mol. The highest BCUT2D eigenvalue weighted by Crippen LogP contribution is 2.18.